The Kier molecular flexibility index (Phi) is 5.17. The number of rotatable bonds is 4. The van der Waals surface area contributed by atoms with Gasteiger partial charge in [-0.05, 0) is 36.8 Å². The number of hydrogen-bond acceptors (Lipinski definition) is 2. The topological polar surface area (TPSA) is 26.0 Å². The van der Waals surface area contributed by atoms with Crippen molar-refractivity contribution >= 4 is 35.0 Å². The Morgan fingerprint density at radius 1 is 1.05 bits per heavy atom. The van der Waals surface area contributed by atoms with E-state index in [1.54, 1.807) is 11.8 Å². The predicted molar refractivity (Wildman–Crippen MR) is 85.2 cm³/mol. The standard InChI is InChI=1S/C15H15Cl2NS/c1-10(18)15(11-5-4-6-12(16)9-11)19-14-8-3-2-7-13(14)17/h2-10,15H,18H2,1H3. The molecule has 2 aromatic rings. The molecule has 2 rings (SSSR count). The monoisotopic (exact) mass is 311 g/mol. The molecular weight excluding hydrogens is 297 g/mol. The van der Waals surface area contributed by atoms with Crippen LogP contribution in [0, 0.1) is 0 Å². The van der Waals surface area contributed by atoms with Crippen molar-refractivity contribution in [1.82, 2.24) is 0 Å². The first-order chi connectivity index (χ1) is 9.08. The summed E-state index contributed by atoms with van der Waals surface area (Å²) in [5.41, 5.74) is 7.23. The van der Waals surface area contributed by atoms with Crippen molar-refractivity contribution in [2.24, 2.45) is 5.73 Å². The van der Waals surface area contributed by atoms with Crippen LogP contribution in [0.15, 0.2) is 53.4 Å². The SMILES string of the molecule is CC(N)C(Sc1ccccc1Cl)c1cccc(Cl)c1. The third-order valence-corrected chi connectivity index (χ3v) is 4.99. The lowest BCUT2D eigenvalue weighted by molar-refractivity contribution is 0.721. The first-order valence-corrected chi connectivity index (χ1v) is 7.63. The zero-order valence-electron chi connectivity index (χ0n) is 10.5. The molecule has 100 valence electrons. The van der Waals surface area contributed by atoms with E-state index >= 15 is 0 Å². The average Bonchev–Trinajstić information content (AvgIpc) is 2.37. The predicted octanol–water partition coefficient (Wildman–Crippen LogP) is 5.17. The van der Waals surface area contributed by atoms with E-state index in [9.17, 15) is 0 Å². The Balaban J connectivity index is 2.29. The molecule has 0 amide bonds. The van der Waals surface area contributed by atoms with Crippen molar-refractivity contribution in [1.29, 1.82) is 0 Å². The molecule has 2 atom stereocenters. The normalized spacial score (nSPS) is 14.1. The number of hydrogen-bond donors (Lipinski definition) is 1. The summed E-state index contributed by atoms with van der Waals surface area (Å²) in [7, 11) is 0. The zero-order chi connectivity index (χ0) is 13.8. The molecule has 0 aliphatic heterocycles. The van der Waals surface area contributed by atoms with Crippen LogP contribution in [-0.4, -0.2) is 6.04 Å². The molecule has 2 aromatic carbocycles. The molecule has 0 fully saturated rings. The molecular formula is C15H15Cl2NS. The molecule has 0 bridgehead atoms. The van der Waals surface area contributed by atoms with Crippen LogP contribution in [-0.2, 0) is 0 Å². The lowest BCUT2D eigenvalue weighted by Crippen LogP contribution is -2.22. The minimum atomic E-state index is -0.000241. The van der Waals surface area contributed by atoms with Crippen molar-refractivity contribution in [3.8, 4) is 0 Å². The summed E-state index contributed by atoms with van der Waals surface area (Å²) in [4.78, 5) is 1.03. The second kappa shape index (κ2) is 6.67. The maximum absolute atomic E-state index is 6.20. The molecule has 1 nitrogen and oxygen atoms in total. The van der Waals surface area contributed by atoms with E-state index in [0.717, 1.165) is 20.5 Å². The van der Waals surface area contributed by atoms with Crippen LogP contribution >= 0.6 is 35.0 Å². The van der Waals surface area contributed by atoms with Crippen LogP contribution in [0.2, 0.25) is 10.0 Å². The lowest BCUT2D eigenvalue weighted by atomic mass is 10.1. The van der Waals surface area contributed by atoms with Gasteiger partial charge < -0.3 is 5.73 Å². The fourth-order valence-corrected chi connectivity index (χ4v) is 3.42. The molecule has 0 saturated heterocycles. The van der Waals surface area contributed by atoms with Gasteiger partial charge in [-0.1, -0.05) is 47.5 Å². The van der Waals surface area contributed by atoms with Gasteiger partial charge in [0.25, 0.3) is 0 Å². The van der Waals surface area contributed by atoms with Gasteiger partial charge in [0.2, 0.25) is 0 Å². The van der Waals surface area contributed by atoms with Crippen molar-refractivity contribution in [3.63, 3.8) is 0 Å². The van der Waals surface area contributed by atoms with Crippen LogP contribution in [0.4, 0.5) is 0 Å². The van der Waals surface area contributed by atoms with Gasteiger partial charge in [0.05, 0.1) is 5.02 Å². The van der Waals surface area contributed by atoms with Crippen molar-refractivity contribution in [3.05, 3.63) is 64.1 Å². The van der Waals surface area contributed by atoms with Gasteiger partial charge in [-0.15, -0.1) is 11.8 Å². The Morgan fingerprint density at radius 3 is 2.42 bits per heavy atom. The van der Waals surface area contributed by atoms with E-state index in [1.807, 2.05) is 55.5 Å². The molecule has 0 spiro atoms. The van der Waals surface area contributed by atoms with Crippen LogP contribution in [0.1, 0.15) is 17.7 Å². The van der Waals surface area contributed by atoms with Crippen molar-refractivity contribution in [2.75, 3.05) is 0 Å². The van der Waals surface area contributed by atoms with Crippen LogP contribution < -0.4 is 5.73 Å². The molecule has 2 unspecified atom stereocenters. The molecule has 19 heavy (non-hydrogen) atoms. The summed E-state index contributed by atoms with van der Waals surface area (Å²) in [6.07, 6.45) is 0. The lowest BCUT2D eigenvalue weighted by Gasteiger charge is -2.21. The van der Waals surface area contributed by atoms with E-state index < -0.39 is 0 Å². The third-order valence-electron chi connectivity index (χ3n) is 2.75. The van der Waals surface area contributed by atoms with Gasteiger partial charge in [0, 0.05) is 21.2 Å². The average molecular weight is 312 g/mol. The number of nitrogens with two attached hydrogens (primary N) is 1. The van der Waals surface area contributed by atoms with Gasteiger partial charge in [-0.25, -0.2) is 0 Å². The second-order valence-electron chi connectivity index (χ2n) is 4.38. The largest absolute Gasteiger partial charge is 0.327 e. The van der Waals surface area contributed by atoms with Crippen molar-refractivity contribution < 1.29 is 0 Å². The first-order valence-electron chi connectivity index (χ1n) is 6.00. The van der Waals surface area contributed by atoms with Gasteiger partial charge >= 0.3 is 0 Å². The van der Waals surface area contributed by atoms with Crippen LogP contribution in [0.25, 0.3) is 0 Å². The summed E-state index contributed by atoms with van der Waals surface area (Å²) < 4.78 is 0. The molecule has 0 heterocycles. The maximum atomic E-state index is 6.20. The Hall–Kier alpha value is -0.670. The van der Waals surface area contributed by atoms with Gasteiger partial charge in [0.15, 0.2) is 0 Å². The summed E-state index contributed by atoms with van der Waals surface area (Å²) in [5.74, 6) is 0. The van der Waals surface area contributed by atoms with Crippen LogP contribution in [0.5, 0.6) is 0 Å². The Bertz CT molecular complexity index is 557. The Morgan fingerprint density at radius 2 is 1.79 bits per heavy atom. The molecule has 0 radical (unpaired) electrons. The van der Waals surface area contributed by atoms with Gasteiger partial charge in [-0.3, -0.25) is 0 Å². The molecule has 2 N–H and O–H groups in total. The maximum Gasteiger partial charge on any atom is 0.0542 e. The quantitative estimate of drug-likeness (QED) is 0.788. The Labute approximate surface area is 128 Å². The van der Waals surface area contributed by atoms with Crippen molar-refractivity contribution in [2.45, 2.75) is 23.1 Å². The number of benzene rings is 2. The zero-order valence-corrected chi connectivity index (χ0v) is 12.8. The van der Waals surface area contributed by atoms with E-state index in [-0.39, 0.29) is 11.3 Å². The first kappa shape index (κ1) is 14.7. The molecule has 0 aromatic heterocycles. The summed E-state index contributed by atoms with van der Waals surface area (Å²) in [5, 5.41) is 1.60. The molecule has 4 heteroatoms. The fraction of sp³-hybridized carbons (Fsp3) is 0.200. The van der Waals surface area contributed by atoms with E-state index in [0.29, 0.717) is 0 Å². The molecule has 0 aliphatic rings. The van der Waals surface area contributed by atoms with Crippen LogP contribution in [0.3, 0.4) is 0 Å². The van der Waals surface area contributed by atoms with Gasteiger partial charge in [-0.2, -0.15) is 0 Å². The third kappa shape index (κ3) is 3.90. The second-order valence-corrected chi connectivity index (χ2v) is 6.41. The van der Waals surface area contributed by atoms with E-state index in [4.69, 9.17) is 28.9 Å². The smallest absolute Gasteiger partial charge is 0.0542 e. The summed E-state index contributed by atoms with van der Waals surface area (Å²) in [6, 6.07) is 15.6. The summed E-state index contributed by atoms with van der Waals surface area (Å²) >= 11 is 13.9. The molecule has 0 saturated carbocycles. The van der Waals surface area contributed by atoms with E-state index in [1.165, 1.54) is 0 Å². The fourth-order valence-electron chi connectivity index (χ4n) is 1.84. The number of halogens is 2. The summed E-state index contributed by atoms with van der Waals surface area (Å²) in [6.45, 7) is 2.00. The minimum absolute atomic E-state index is 0.000241. The highest BCUT2D eigenvalue weighted by Crippen LogP contribution is 2.40. The molecule has 0 aliphatic carbocycles. The minimum Gasteiger partial charge on any atom is -0.327 e. The highest BCUT2D eigenvalue weighted by Gasteiger charge is 2.19. The highest BCUT2D eigenvalue weighted by molar-refractivity contribution is 7.99. The van der Waals surface area contributed by atoms with E-state index in [2.05, 4.69) is 0 Å². The number of thioether (sulfide) groups is 1. The van der Waals surface area contributed by atoms with Gasteiger partial charge in [0.1, 0.15) is 0 Å². The highest BCUT2D eigenvalue weighted by atomic mass is 35.5.